The van der Waals surface area contributed by atoms with E-state index in [2.05, 4.69) is 56.0 Å². The molecule has 0 spiro atoms. The van der Waals surface area contributed by atoms with E-state index < -0.39 is 0 Å². The zero-order valence-electron chi connectivity index (χ0n) is 13.2. The molecule has 3 rings (SSSR count). The summed E-state index contributed by atoms with van der Waals surface area (Å²) in [6.45, 7) is 6.66. The minimum absolute atomic E-state index is 0.278. The van der Waals surface area contributed by atoms with Crippen LogP contribution in [0, 0.1) is 6.92 Å². The minimum atomic E-state index is 0.278. The standard InChI is InChI=1S/C18H25NOS/c1-4-21-17-11-7-9-15(17)19-13(3)18-12(2)14-8-5-6-10-16(14)20-18/h5-6,8,10,13,15,17,19H,4,7,9,11H2,1-3H3. The molecule has 3 unspecified atom stereocenters. The highest BCUT2D eigenvalue weighted by atomic mass is 32.2. The molecule has 0 amide bonds. The SMILES string of the molecule is CCSC1CCCC1NC(C)c1oc2ccccc2c1C. The fourth-order valence-electron chi connectivity index (χ4n) is 3.53. The Morgan fingerprint density at radius 3 is 2.90 bits per heavy atom. The van der Waals surface area contributed by atoms with Crippen molar-refractivity contribution in [3.63, 3.8) is 0 Å². The van der Waals surface area contributed by atoms with Crippen LogP contribution in [0.25, 0.3) is 11.0 Å². The van der Waals surface area contributed by atoms with Gasteiger partial charge in [-0.2, -0.15) is 11.8 Å². The van der Waals surface area contributed by atoms with Crippen molar-refractivity contribution >= 4 is 22.7 Å². The molecule has 1 aromatic heterocycles. The van der Waals surface area contributed by atoms with Crippen molar-refractivity contribution in [2.45, 2.75) is 57.4 Å². The molecule has 114 valence electrons. The zero-order valence-corrected chi connectivity index (χ0v) is 14.0. The molecule has 2 nitrogen and oxygen atoms in total. The van der Waals surface area contributed by atoms with Gasteiger partial charge in [-0.1, -0.05) is 31.5 Å². The average molecular weight is 303 g/mol. The van der Waals surface area contributed by atoms with E-state index in [4.69, 9.17) is 4.42 Å². The lowest BCUT2D eigenvalue weighted by Gasteiger charge is -2.24. The predicted molar refractivity (Wildman–Crippen MR) is 92.1 cm³/mol. The van der Waals surface area contributed by atoms with E-state index in [1.54, 1.807) is 0 Å². The summed E-state index contributed by atoms with van der Waals surface area (Å²) in [4.78, 5) is 0. The van der Waals surface area contributed by atoms with E-state index in [1.165, 1.54) is 36.0 Å². The van der Waals surface area contributed by atoms with Gasteiger partial charge in [-0.3, -0.25) is 0 Å². The summed E-state index contributed by atoms with van der Waals surface area (Å²) in [6.07, 6.45) is 3.99. The maximum Gasteiger partial charge on any atom is 0.134 e. The Morgan fingerprint density at radius 1 is 1.33 bits per heavy atom. The largest absolute Gasteiger partial charge is 0.459 e. The molecular weight excluding hydrogens is 278 g/mol. The van der Waals surface area contributed by atoms with Gasteiger partial charge in [-0.15, -0.1) is 0 Å². The number of nitrogens with one attached hydrogen (secondary N) is 1. The number of rotatable bonds is 5. The van der Waals surface area contributed by atoms with Crippen LogP contribution < -0.4 is 5.32 Å². The molecule has 21 heavy (non-hydrogen) atoms. The van der Waals surface area contributed by atoms with Crippen molar-refractivity contribution in [3.8, 4) is 0 Å². The molecule has 1 N–H and O–H groups in total. The fourth-order valence-corrected chi connectivity index (χ4v) is 4.74. The van der Waals surface area contributed by atoms with Crippen LogP contribution in [0.5, 0.6) is 0 Å². The number of fused-ring (bicyclic) bond motifs is 1. The molecular formula is C18H25NOS. The van der Waals surface area contributed by atoms with Crippen molar-refractivity contribution in [2.75, 3.05) is 5.75 Å². The number of aryl methyl sites for hydroxylation is 1. The molecule has 3 atom stereocenters. The summed E-state index contributed by atoms with van der Waals surface area (Å²) in [6, 6.07) is 9.23. The van der Waals surface area contributed by atoms with Crippen molar-refractivity contribution in [1.82, 2.24) is 5.32 Å². The van der Waals surface area contributed by atoms with E-state index in [0.29, 0.717) is 6.04 Å². The first kappa shape index (κ1) is 15.0. The molecule has 3 heteroatoms. The third-order valence-electron chi connectivity index (χ3n) is 4.57. The van der Waals surface area contributed by atoms with E-state index in [1.807, 2.05) is 6.07 Å². The first-order chi connectivity index (χ1) is 10.2. The second-order valence-electron chi connectivity index (χ2n) is 6.01. The van der Waals surface area contributed by atoms with Crippen molar-refractivity contribution < 1.29 is 4.42 Å². The number of hydrogen-bond donors (Lipinski definition) is 1. The van der Waals surface area contributed by atoms with Gasteiger partial charge in [-0.25, -0.2) is 0 Å². The summed E-state index contributed by atoms with van der Waals surface area (Å²) in [5, 5.41) is 5.83. The van der Waals surface area contributed by atoms with E-state index >= 15 is 0 Å². The van der Waals surface area contributed by atoms with Crippen LogP contribution in [-0.2, 0) is 0 Å². The zero-order chi connectivity index (χ0) is 14.8. The number of furan rings is 1. The van der Waals surface area contributed by atoms with E-state index in [0.717, 1.165) is 16.6 Å². The van der Waals surface area contributed by atoms with Gasteiger partial charge >= 0.3 is 0 Å². The molecule has 1 aromatic carbocycles. The molecule has 1 aliphatic rings. The molecule has 0 radical (unpaired) electrons. The van der Waals surface area contributed by atoms with Crippen LogP contribution in [-0.4, -0.2) is 17.0 Å². The Kier molecular flexibility index (Phi) is 4.60. The van der Waals surface area contributed by atoms with Gasteiger partial charge in [-0.05, 0) is 44.1 Å². The number of benzene rings is 1. The monoisotopic (exact) mass is 303 g/mol. The Bertz CT molecular complexity index is 606. The third-order valence-corrected chi connectivity index (χ3v) is 5.90. The van der Waals surface area contributed by atoms with Crippen molar-refractivity contribution in [2.24, 2.45) is 0 Å². The summed E-state index contributed by atoms with van der Waals surface area (Å²) in [5.41, 5.74) is 2.29. The molecule has 0 bridgehead atoms. The van der Waals surface area contributed by atoms with Crippen LogP contribution in [0.1, 0.15) is 50.5 Å². The lowest BCUT2D eigenvalue weighted by atomic mass is 10.1. The molecule has 1 fully saturated rings. The minimum Gasteiger partial charge on any atom is -0.459 e. The highest BCUT2D eigenvalue weighted by Gasteiger charge is 2.29. The van der Waals surface area contributed by atoms with Crippen LogP contribution in [0.2, 0.25) is 0 Å². The van der Waals surface area contributed by atoms with Crippen molar-refractivity contribution in [3.05, 3.63) is 35.6 Å². The number of hydrogen-bond acceptors (Lipinski definition) is 3. The normalized spacial score (nSPS) is 23.8. The molecule has 1 heterocycles. The molecule has 1 saturated carbocycles. The smallest absolute Gasteiger partial charge is 0.134 e. The second kappa shape index (κ2) is 6.45. The van der Waals surface area contributed by atoms with E-state index in [-0.39, 0.29) is 6.04 Å². The average Bonchev–Trinajstić information content (AvgIpc) is 3.05. The quantitative estimate of drug-likeness (QED) is 0.835. The van der Waals surface area contributed by atoms with Crippen LogP contribution in [0.4, 0.5) is 0 Å². The van der Waals surface area contributed by atoms with Crippen molar-refractivity contribution in [1.29, 1.82) is 0 Å². The Labute approximate surface area is 131 Å². The Morgan fingerprint density at radius 2 is 2.14 bits per heavy atom. The lowest BCUT2D eigenvalue weighted by molar-refractivity contribution is 0.402. The molecule has 1 aliphatic carbocycles. The van der Waals surface area contributed by atoms with Gasteiger partial charge in [0.05, 0.1) is 6.04 Å². The fraction of sp³-hybridized carbons (Fsp3) is 0.556. The Hall–Kier alpha value is -0.930. The van der Waals surface area contributed by atoms with Gasteiger partial charge < -0.3 is 9.73 Å². The maximum absolute atomic E-state index is 6.10. The summed E-state index contributed by atoms with van der Waals surface area (Å²) >= 11 is 2.10. The molecule has 2 aromatic rings. The third kappa shape index (κ3) is 3.00. The number of thioether (sulfide) groups is 1. The van der Waals surface area contributed by atoms with Crippen LogP contribution >= 0.6 is 11.8 Å². The summed E-state index contributed by atoms with van der Waals surface area (Å²) in [5.74, 6) is 2.31. The highest BCUT2D eigenvalue weighted by Crippen LogP contribution is 2.34. The van der Waals surface area contributed by atoms with Crippen LogP contribution in [0.3, 0.4) is 0 Å². The van der Waals surface area contributed by atoms with Gasteiger partial charge in [0.15, 0.2) is 0 Å². The van der Waals surface area contributed by atoms with Crippen LogP contribution in [0.15, 0.2) is 28.7 Å². The van der Waals surface area contributed by atoms with E-state index in [9.17, 15) is 0 Å². The predicted octanol–water partition coefficient (Wildman–Crippen LogP) is 5.07. The second-order valence-corrected chi connectivity index (χ2v) is 7.52. The van der Waals surface area contributed by atoms with Gasteiger partial charge in [0.1, 0.15) is 11.3 Å². The maximum atomic E-state index is 6.10. The van der Waals surface area contributed by atoms with Gasteiger partial charge in [0.2, 0.25) is 0 Å². The molecule has 0 aliphatic heterocycles. The summed E-state index contributed by atoms with van der Waals surface area (Å²) in [7, 11) is 0. The lowest BCUT2D eigenvalue weighted by Crippen LogP contribution is -2.36. The van der Waals surface area contributed by atoms with Gasteiger partial charge in [0, 0.05) is 16.7 Å². The molecule has 0 saturated heterocycles. The Balaban J connectivity index is 1.77. The summed E-state index contributed by atoms with van der Waals surface area (Å²) < 4.78 is 6.10. The highest BCUT2D eigenvalue weighted by molar-refractivity contribution is 7.99. The topological polar surface area (TPSA) is 25.2 Å². The van der Waals surface area contributed by atoms with Gasteiger partial charge in [0.25, 0.3) is 0 Å². The first-order valence-corrected chi connectivity index (χ1v) is 9.11. The number of para-hydroxylation sites is 1. The first-order valence-electron chi connectivity index (χ1n) is 8.06.